The molecular weight excluding hydrogens is 416 g/mol. The van der Waals surface area contributed by atoms with Crippen LogP contribution in [0.5, 0.6) is 0 Å². The molecule has 3 rings (SSSR count). The Hall–Kier alpha value is -2.26. The molecule has 1 atom stereocenters. The van der Waals surface area contributed by atoms with E-state index in [2.05, 4.69) is 19.2 Å². The third-order valence-electron chi connectivity index (χ3n) is 6.11. The van der Waals surface area contributed by atoms with Crippen LogP contribution >= 0.6 is 0 Å². The van der Waals surface area contributed by atoms with Gasteiger partial charge in [0.25, 0.3) is 5.91 Å². The maximum atomic E-state index is 12.9. The van der Waals surface area contributed by atoms with E-state index in [4.69, 9.17) is 5.41 Å². The third kappa shape index (κ3) is 4.82. The summed E-state index contributed by atoms with van der Waals surface area (Å²) in [5.41, 5.74) is -0.269. The lowest BCUT2D eigenvalue weighted by Gasteiger charge is -2.33. The molecule has 0 spiro atoms. The van der Waals surface area contributed by atoms with Gasteiger partial charge in [-0.1, -0.05) is 26.0 Å². The molecule has 2 N–H and O–H groups in total. The van der Waals surface area contributed by atoms with Crippen molar-refractivity contribution in [3.05, 3.63) is 29.8 Å². The number of benzene rings is 1. The maximum Gasteiger partial charge on any atom is 0.254 e. The fourth-order valence-corrected chi connectivity index (χ4v) is 5.98. The molecule has 0 radical (unpaired) electrons. The summed E-state index contributed by atoms with van der Waals surface area (Å²) in [5.74, 6) is 0.414. The lowest BCUT2D eigenvalue weighted by Crippen LogP contribution is -2.46. The van der Waals surface area contributed by atoms with Crippen LogP contribution in [0.3, 0.4) is 0 Å². The molecule has 1 unspecified atom stereocenters. The smallest absolute Gasteiger partial charge is 0.254 e. The van der Waals surface area contributed by atoms with E-state index in [-0.39, 0.29) is 28.5 Å². The van der Waals surface area contributed by atoms with Crippen LogP contribution in [-0.4, -0.2) is 60.4 Å². The molecule has 0 aromatic heterocycles. The number of amides is 1. The lowest BCUT2D eigenvalue weighted by atomic mass is 9.90. The molecule has 1 amide bonds. The van der Waals surface area contributed by atoms with E-state index in [9.17, 15) is 18.0 Å². The first-order valence-electron chi connectivity index (χ1n) is 10.7. The Morgan fingerprint density at radius 2 is 1.81 bits per heavy atom. The fourth-order valence-electron chi connectivity index (χ4n) is 4.51. The lowest BCUT2D eigenvalue weighted by molar-refractivity contribution is -0.131. The molecule has 2 saturated heterocycles. The highest BCUT2D eigenvalue weighted by molar-refractivity contribution is 7.89. The summed E-state index contributed by atoms with van der Waals surface area (Å²) in [6.07, 6.45) is 1.91. The molecule has 2 aliphatic heterocycles. The maximum absolute atomic E-state index is 12.9. The SMILES string of the molecule is CC(=O)c1ccc(S(=O)(=O)N2CCC(CN3C(=N)NC(C)(CC(C)C)C3=O)CC2)cc1. The minimum Gasteiger partial charge on any atom is -0.342 e. The predicted molar refractivity (Wildman–Crippen MR) is 118 cm³/mol. The van der Waals surface area contributed by atoms with Gasteiger partial charge in [-0.3, -0.25) is 19.9 Å². The highest BCUT2D eigenvalue weighted by Crippen LogP contribution is 2.29. The highest BCUT2D eigenvalue weighted by atomic mass is 32.2. The van der Waals surface area contributed by atoms with Crippen molar-refractivity contribution in [1.82, 2.24) is 14.5 Å². The van der Waals surface area contributed by atoms with Gasteiger partial charge in [-0.05, 0) is 57.1 Å². The Balaban J connectivity index is 1.61. The molecular formula is C22H32N4O4S. The van der Waals surface area contributed by atoms with Crippen LogP contribution in [-0.2, 0) is 14.8 Å². The zero-order valence-corrected chi connectivity index (χ0v) is 19.5. The van der Waals surface area contributed by atoms with Gasteiger partial charge in [0.2, 0.25) is 10.0 Å². The van der Waals surface area contributed by atoms with Gasteiger partial charge in [0.15, 0.2) is 11.7 Å². The van der Waals surface area contributed by atoms with E-state index in [0.717, 1.165) is 0 Å². The van der Waals surface area contributed by atoms with Crippen molar-refractivity contribution in [1.29, 1.82) is 5.41 Å². The van der Waals surface area contributed by atoms with Crippen LogP contribution in [0.2, 0.25) is 0 Å². The van der Waals surface area contributed by atoms with E-state index in [0.29, 0.717) is 50.4 Å². The molecule has 9 heteroatoms. The Morgan fingerprint density at radius 3 is 2.32 bits per heavy atom. The molecule has 1 aromatic carbocycles. The third-order valence-corrected chi connectivity index (χ3v) is 8.02. The van der Waals surface area contributed by atoms with Crippen molar-refractivity contribution < 1.29 is 18.0 Å². The Labute approximate surface area is 184 Å². The number of carbonyl (C=O) groups is 2. The first-order chi connectivity index (χ1) is 14.4. The molecule has 1 aromatic rings. The number of hydrogen-bond donors (Lipinski definition) is 2. The van der Waals surface area contributed by atoms with Gasteiger partial charge in [0.05, 0.1) is 4.90 Å². The first kappa shape index (κ1) is 23.4. The minimum absolute atomic E-state index is 0.0770. The highest BCUT2D eigenvalue weighted by Gasteiger charge is 2.46. The number of hydrogen-bond acceptors (Lipinski definition) is 5. The van der Waals surface area contributed by atoms with E-state index >= 15 is 0 Å². The van der Waals surface area contributed by atoms with Gasteiger partial charge in [0.1, 0.15) is 5.54 Å². The molecule has 8 nitrogen and oxygen atoms in total. The summed E-state index contributed by atoms with van der Waals surface area (Å²) in [4.78, 5) is 26.0. The summed E-state index contributed by atoms with van der Waals surface area (Å²) < 4.78 is 27.4. The largest absolute Gasteiger partial charge is 0.342 e. The van der Waals surface area contributed by atoms with Crippen LogP contribution in [0.25, 0.3) is 0 Å². The van der Waals surface area contributed by atoms with Gasteiger partial charge in [-0.15, -0.1) is 0 Å². The van der Waals surface area contributed by atoms with E-state index < -0.39 is 15.6 Å². The second kappa shape index (κ2) is 8.70. The fraction of sp³-hybridized carbons (Fsp3) is 0.591. The number of rotatable bonds is 7. The van der Waals surface area contributed by atoms with Crippen LogP contribution in [0, 0.1) is 17.2 Å². The topological polar surface area (TPSA) is 111 Å². The quantitative estimate of drug-likeness (QED) is 0.623. The molecule has 2 fully saturated rings. The summed E-state index contributed by atoms with van der Waals surface area (Å²) in [7, 11) is -3.62. The summed E-state index contributed by atoms with van der Waals surface area (Å²) >= 11 is 0. The van der Waals surface area contributed by atoms with Gasteiger partial charge in [-0.2, -0.15) is 4.31 Å². The van der Waals surface area contributed by atoms with Crippen LogP contribution in [0.4, 0.5) is 0 Å². The van der Waals surface area contributed by atoms with Crippen molar-refractivity contribution in [3.8, 4) is 0 Å². The number of Topliss-reactive ketones (excluding diaryl/α,β-unsaturated/α-hetero) is 1. The standard InChI is InChI=1S/C22H32N4O4S/c1-15(2)13-22(4)20(28)26(21(23)24-22)14-17-9-11-25(12-10-17)31(29,30)19-7-5-18(6-8-19)16(3)27/h5-8,15,17H,9-14H2,1-4H3,(H2,23,24). The number of nitrogens with one attached hydrogen (secondary N) is 2. The number of piperidine rings is 1. The van der Waals surface area contributed by atoms with Gasteiger partial charge >= 0.3 is 0 Å². The van der Waals surface area contributed by atoms with Crippen molar-refractivity contribution in [2.24, 2.45) is 11.8 Å². The van der Waals surface area contributed by atoms with Crippen LogP contribution < -0.4 is 5.32 Å². The predicted octanol–water partition coefficient (Wildman–Crippen LogP) is 2.46. The second-order valence-electron chi connectivity index (χ2n) is 9.25. The van der Waals surface area contributed by atoms with E-state index in [1.807, 2.05) is 6.92 Å². The molecule has 170 valence electrons. The van der Waals surface area contributed by atoms with Gasteiger partial charge in [0, 0.05) is 25.2 Å². The average Bonchev–Trinajstić information content (AvgIpc) is 2.90. The number of nitrogens with zero attached hydrogens (tertiary/aromatic N) is 2. The number of carbonyl (C=O) groups excluding carboxylic acids is 2. The van der Waals surface area contributed by atoms with Crippen molar-refractivity contribution in [2.75, 3.05) is 19.6 Å². The van der Waals surface area contributed by atoms with Crippen LogP contribution in [0.15, 0.2) is 29.2 Å². The Kier molecular flexibility index (Phi) is 6.57. The Bertz CT molecular complexity index is 966. The van der Waals surface area contributed by atoms with Gasteiger partial charge in [-0.25, -0.2) is 8.42 Å². The summed E-state index contributed by atoms with van der Waals surface area (Å²) in [6.45, 7) is 8.56. The molecule has 0 saturated carbocycles. The minimum atomic E-state index is -3.62. The number of ketones is 1. The van der Waals surface area contributed by atoms with Crippen molar-refractivity contribution in [2.45, 2.75) is 57.4 Å². The molecule has 2 aliphatic rings. The molecule has 0 bridgehead atoms. The van der Waals surface area contributed by atoms with E-state index in [1.165, 1.54) is 40.4 Å². The second-order valence-corrected chi connectivity index (χ2v) is 11.2. The van der Waals surface area contributed by atoms with Crippen molar-refractivity contribution in [3.63, 3.8) is 0 Å². The van der Waals surface area contributed by atoms with Crippen molar-refractivity contribution >= 4 is 27.7 Å². The normalized spacial score (nSPS) is 23.5. The zero-order valence-electron chi connectivity index (χ0n) is 18.6. The van der Waals surface area contributed by atoms with Crippen LogP contribution in [0.1, 0.15) is 57.3 Å². The number of guanidine groups is 1. The monoisotopic (exact) mass is 448 g/mol. The molecule has 2 heterocycles. The van der Waals surface area contributed by atoms with Gasteiger partial charge < -0.3 is 5.32 Å². The molecule has 31 heavy (non-hydrogen) atoms. The average molecular weight is 449 g/mol. The summed E-state index contributed by atoms with van der Waals surface area (Å²) in [5, 5.41) is 11.3. The zero-order chi connectivity index (χ0) is 23.0. The first-order valence-corrected chi connectivity index (χ1v) is 12.2. The summed E-state index contributed by atoms with van der Waals surface area (Å²) in [6, 6.07) is 6.02. The van der Waals surface area contributed by atoms with E-state index in [1.54, 1.807) is 0 Å². The Morgan fingerprint density at radius 1 is 1.23 bits per heavy atom. The number of sulfonamides is 1. The molecule has 0 aliphatic carbocycles.